The van der Waals surface area contributed by atoms with E-state index in [0.717, 1.165) is 29.6 Å². The van der Waals surface area contributed by atoms with Gasteiger partial charge >= 0.3 is 6.36 Å². The number of anilines is 1. The number of pyridine rings is 1. The van der Waals surface area contributed by atoms with Crippen molar-refractivity contribution in [1.29, 1.82) is 0 Å². The predicted octanol–water partition coefficient (Wildman–Crippen LogP) is 3.25. The van der Waals surface area contributed by atoms with Gasteiger partial charge in [0, 0.05) is 43.7 Å². The third-order valence-corrected chi connectivity index (χ3v) is 6.56. The average Bonchev–Trinajstić information content (AvgIpc) is 3.43. The number of nitrogens with one attached hydrogen (secondary N) is 1. The van der Waals surface area contributed by atoms with Gasteiger partial charge in [0.1, 0.15) is 17.7 Å². The molecule has 2 aliphatic rings. The summed E-state index contributed by atoms with van der Waals surface area (Å²) in [4.78, 5) is 27.0. The minimum absolute atomic E-state index is 0.0629. The highest BCUT2D eigenvalue weighted by Crippen LogP contribution is 2.35. The molecule has 35 heavy (non-hydrogen) atoms. The SMILES string of the molecule is Nc1cc(OC(F)(F)F)ccc1C(=O)N1CCC(c2ccnc3nc(C4OCCC4N)[nH]c23)CC1. The largest absolute Gasteiger partial charge is 0.573 e. The van der Waals surface area contributed by atoms with Crippen LogP contribution in [0.15, 0.2) is 30.5 Å². The first-order valence-corrected chi connectivity index (χ1v) is 11.4. The summed E-state index contributed by atoms with van der Waals surface area (Å²) in [6.07, 6.45) is -1.21. The molecule has 12 heteroatoms. The molecule has 2 aliphatic heterocycles. The van der Waals surface area contributed by atoms with Crippen molar-refractivity contribution < 1.29 is 27.4 Å². The first-order chi connectivity index (χ1) is 16.7. The van der Waals surface area contributed by atoms with Crippen LogP contribution in [0.4, 0.5) is 18.9 Å². The van der Waals surface area contributed by atoms with Gasteiger partial charge in [-0.05, 0) is 48.9 Å². The standard InChI is InChI=1S/C23H25F3N6O3/c24-23(25,26)35-13-1-2-15(17(28)11-13)22(33)32-8-4-12(5-9-32)14-3-7-29-20-18(14)30-21(31-20)19-16(27)6-10-34-19/h1-3,7,11-12,16,19H,4-6,8-10,27-28H2,(H,29,30,31). The lowest BCUT2D eigenvalue weighted by atomic mass is 9.89. The van der Waals surface area contributed by atoms with Gasteiger partial charge in [-0.1, -0.05) is 0 Å². The summed E-state index contributed by atoms with van der Waals surface area (Å²) in [6, 6.07) is 5.21. The maximum Gasteiger partial charge on any atom is 0.573 e. The van der Waals surface area contributed by atoms with Crippen molar-refractivity contribution in [2.45, 2.75) is 43.7 Å². The van der Waals surface area contributed by atoms with Crippen LogP contribution in [0.5, 0.6) is 5.75 Å². The molecule has 9 nitrogen and oxygen atoms in total. The Kier molecular flexibility index (Phi) is 6.01. The normalized spacial score (nSPS) is 21.5. The molecule has 0 radical (unpaired) electrons. The summed E-state index contributed by atoms with van der Waals surface area (Å²) in [6.45, 7) is 1.55. The van der Waals surface area contributed by atoms with E-state index in [2.05, 4.69) is 19.7 Å². The Bertz CT molecular complexity index is 1240. The number of nitrogens with zero attached hydrogens (tertiary/aromatic N) is 3. The highest BCUT2D eigenvalue weighted by atomic mass is 19.4. The zero-order chi connectivity index (χ0) is 24.7. The van der Waals surface area contributed by atoms with Crippen LogP contribution in [-0.2, 0) is 4.74 Å². The summed E-state index contributed by atoms with van der Waals surface area (Å²) >= 11 is 0. The maximum atomic E-state index is 13.0. The van der Waals surface area contributed by atoms with Gasteiger partial charge in [0.15, 0.2) is 5.65 Å². The van der Waals surface area contributed by atoms with Gasteiger partial charge in [0.25, 0.3) is 5.91 Å². The van der Waals surface area contributed by atoms with Crippen molar-refractivity contribution in [3.63, 3.8) is 0 Å². The number of aromatic nitrogens is 3. The number of benzene rings is 1. The van der Waals surface area contributed by atoms with E-state index in [0.29, 0.717) is 44.0 Å². The van der Waals surface area contributed by atoms with Crippen LogP contribution in [0.25, 0.3) is 11.2 Å². The lowest BCUT2D eigenvalue weighted by molar-refractivity contribution is -0.274. The number of alkyl halides is 3. The molecule has 5 N–H and O–H groups in total. The van der Waals surface area contributed by atoms with Crippen molar-refractivity contribution in [2.24, 2.45) is 5.73 Å². The highest BCUT2D eigenvalue weighted by Gasteiger charge is 2.33. The number of imidazole rings is 1. The molecule has 0 bridgehead atoms. The molecule has 3 aromatic rings. The topological polar surface area (TPSA) is 132 Å². The highest BCUT2D eigenvalue weighted by molar-refractivity contribution is 5.99. The second-order valence-electron chi connectivity index (χ2n) is 8.83. The number of likely N-dealkylation sites (tertiary alicyclic amines) is 1. The Morgan fingerprint density at radius 3 is 2.63 bits per heavy atom. The molecule has 2 aromatic heterocycles. The van der Waals surface area contributed by atoms with Gasteiger partial charge in [-0.25, -0.2) is 9.97 Å². The predicted molar refractivity (Wildman–Crippen MR) is 121 cm³/mol. The third-order valence-electron chi connectivity index (χ3n) is 6.56. The van der Waals surface area contributed by atoms with Gasteiger partial charge in [0.05, 0.1) is 11.1 Å². The first kappa shape index (κ1) is 23.4. The fraction of sp³-hybridized carbons (Fsp3) is 0.435. The van der Waals surface area contributed by atoms with Crippen LogP contribution < -0.4 is 16.2 Å². The molecule has 2 unspecified atom stereocenters. The van der Waals surface area contributed by atoms with Gasteiger partial charge in [-0.3, -0.25) is 4.79 Å². The number of ether oxygens (including phenoxy) is 2. The Morgan fingerprint density at radius 1 is 1.20 bits per heavy atom. The van der Waals surface area contributed by atoms with E-state index < -0.39 is 12.1 Å². The summed E-state index contributed by atoms with van der Waals surface area (Å²) in [5, 5.41) is 0. The number of aromatic amines is 1. The summed E-state index contributed by atoms with van der Waals surface area (Å²) in [5.74, 6) is 0.0624. The Labute approximate surface area is 198 Å². The molecule has 0 saturated carbocycles. The van der Waals surface area contributed by atoms with Crippen molar-refractivity contribution in [1.82, 2.24) is 19.9 Å². The molecule has 186 valence electrons. The van der Waals surface area contributed by atoms with Crippen LogP contribution >= 0.6 is 0 Å². The van der Waals surface area contributed by atoms with E-state index in [9.17, 15) is 18.0 Å². The number of halogens is 3. The van der Waals surface area contributed by atoms with E-state index in [1.165, 1.54) is 6.07 Å². The van der Waals surface area contributed by atoms with Crippen LogP contribution in [-0.4, -0.2) is 57.9 Å². The second kappa shape index (κ2) is 9.00. The van der Waals surface area contributed by atoms with Gasteiger partial charge in [-0.2, -0.15) is 0 Å². The number of nitrogens with two attached hydrogens (primary N) is 2. The fourth-order valence-electron chi connectivity index (χ4n) is 4.81. The molecule has 2 saturated heterocycles. The third kappa shape index (κ3) is 4.76. The number of carbonyl (C=O) groups excluding carboxylic acids is 1. The Morgan fingerprint density at radius 2 is 1.97 bits per heavy atom. The van der Waals surface area contributed by atoms with Crippen LogP contribution in [0, 0.1) is 0 Å². The number of rotatable bonds is 4. The number of piperidine rings is 1. The summed E-state index contributed by atoms with van der Waals surface area (Å²) in [7, 11) is 0. The zero-order valence-corrected chi connectivity index (χ0v) is 18.7. The van der Waals surface area contributed by atoms with Crippen LogP contribution in [0.2, 0.25) is 0 Å². The lowest BCUT2D eigenvalue weighted by Gasteiger charge is -2.32. The quantitative estimate of drug-likeness (QED) is 0.478. The molecule has 4 heterocycles. The monoisotopic (exact) mass is 490 g/mol. The molecular formula is C23H25F3N6O3. The van der Waals surface area contributed by atoms with Gasteiger partial charge in [0.2, 0.25) is 0 Å². The zero-order valence-electron chi connectivity index (χ0n) is 18.7. The van der Waals surface area contributed by atoms with E-state index >= 15 is 0 Å². The number of amides is 1. The average molecular weight is 490 g/mol. The second-order valence-corrected chi connectivity index (χ2v) is 8.83. The van der Waals surface area contributed by atoms with E-state index in [4.69, 9.17) is 16.2 Å². The Hall–Kier alpha value is -3.38. The minimum Gasteiger partial charge on any atom is -0.406 e. The van der Waals surface area contributed by atoms with Gasteiger partial charge in [-0.15, -0.1) is 13.2 Å². The Balaban J connectivity index is 1.28. The molecule has 0 spiro atoms. The fourth-order valence-corrected chi connectivity index (χ4v) is 4.81. The molecule has 2 fully saturated rings. The number of hydrogen-bond acceptors (Lipinski definition) is 7. The van der Waals surface area contributed by atoms with Crippen molar-refractivity contribution in [2.75, 3.05) is 25.4 Å². The first-order valence-electron chi connectivity index (χ1n) is 11.4. The molecule has 0 aliphatic carbocycles. The van der Waals surface area contributed by atoms with Crippen LogP contribution in [0.3, 0.4) is 0 Å². The molecule has 5 rings (SSSR count). The summed E-state index contributed by atoms with van der Waals surface area (Å²) in [5.41, 5.74) is 14.6. The molecule has 2 atom stereocenters. The van der Waals surface area contributed by atoms with Crippen molar-refractivity contribution >= 4 is 22.8 Å². The number of nitrogen functional groups attached to an aromatic ring is 1. The van der Waals surface area contributed by atoms with E-state index in [1.54, 1.807) is 11.1 Å². The molecular weight excluding hydrogens is 465 g/mol. The number of carbonyl (C=O) groups is 1. The minimum atomic E-state index is -4.83. The van der Waals surface area contributed by atoms with E-state index in [-0.39, 0.29) is 35.2 Å². The number of hydrogen-bond donors (Lipinski definition) is 3. The molecule has 1 amide bonds. The van der Waals surface area contributed by atoms with Crippen LogP contribution in [0.1, 0.15) is 53.0 Å². The van der Waals surface area contributed by atoms with Crippen molar-refractivity contribution in [3.05, 3.63) is 47.4 Å². The number of fused-ring (bicyclic) bond motifs is 1. The molecule has 1 aromatic carbocycles. The number of H-pyrrole nitrogens is 1. The smallest absolute Gasteiger partial charge is 0.406 e. The van der Waals surface area contributed by atoms with Gasteiger partial charge < -0.3 is 30.8 Å². The maximum absolute atomic E-state index is 13.0. The van der Waals surface area contributed by atoms with E-state index in [1.807, 2.05) is 6.07 Å². The summed E-state index contributed by atoms with van der Waals surface area (Å²) < 4.78 is 46.9. The lowest BCUT2D eigenvalue weighted by Crippen LogP contribution is -2.38. The van der Waals surface area contributed by atoms with Crippen molar-refractivity contribution in [3.8, 4) is 5.75 Å².